The molecule has 2 amide bonds. The van der Waals surface area contributed by atoms with Crippen LogP contribution >= 0.6 is 23.2 Å². The number of ether oxygens (including phenoxy) is 1. The number of hydrazone groups is 1. The summed E-state index contributed by atoms with van der Waals surface area (Å²) >= 11 is 11.8. The fourth-order valence-corrected chi connectivity index (χ4v) is 2.26. The largest absolute Gasteiger partial charge is 0.494 e. The van der Waals surface area contributed by atoms with E-state index in [1.165, 1.54) is 6.21 Å². The van der Waals surface area contributed by atoms with E-state index in [1.807, 2.05) is 6.92 Å². The van der Waals surface area contributed by atoms with E-state index in [1.54, 1.807) is 42.5 Å². The van der Waals surface area contributed by atoms with Crippen LogP contribution in [0.2, 0.25) is 10.0 Å². The number of rotatable bonds is 5. The van der Waals surface area contributed by atoms with Crippen LogP contribution in [0.15, 0.2) is 47.6 Å². The molecule has 0 saturated carbocycles. The molecule has 0 aliphatic carbocycles. The molecule has 0 atom stereocenters. The fourth-order valence-electron chi connectivity index (χ4n) is 1.81. The van der Waals surface area contributed by atoms with Gasteiger partial charge in [-0.05, 0) is 43.3 Å². The third kappa shape index (κ3) is 5.77. The molecular formula is C17H15Cl2N3O3. The van der Waals surface area contributed by atoms with Gasteiger partial charge in [-0.1, -0.05) is 29.3 Å². The first-order chi connectivity index (χ1) is 12.0. The van der Waals surface area contributed by atoms with Crippen molar-refractivity contribution in [2.24, 2.45) is 5.10 Å². The molecule has 130 valence electrons. The molecule has 0 aliphatic heterocycles. The second-order valence-corrected chi connectivity index (χ2v) is 5.62. The number of nitrogens with one attached hydrogen (secondary N) is 2. The highest BCUT2D eigenvalue weighted by Gasteiger charge is 2.12. The van der Waals surface area contributed by atoms with Crippen LogP contribution in [0.1, 0.15) is 12.5 Å². The van der Waals surface area contributed by atoms with Crippen molar-refractivity contribution in [3.8, 4) is 5.75 Å². The molecule has 2 rings (SSSR count). The highest BCUT2D eigenvalue weighted by Crippen LogP contribution is 2.19. The van der Waals surface area contributed by atoms with Crippen molar-refractivity contribution >= 4 is 46.9 Å². The van der Waals surface area contributed by atoms with Crippen LogP contribution in [-0.2, 0) is 9.59 Å². The zero-order chi connectivity index (χ0) is 18.2. The van der Waals surface area contributed by atoms with E-state index < -0.39 is 11.8 Å². The SMILES string of the molecule is CCOc1ccc(NC(=O)C(=O)N/N=C/c2ccc(Cl)cc2Cl)cc1. The van der Waals surface area contributed by atoms with Crippen LogP contribution in [0.3, 0.4) is 0 Å². The summed E-state index contributed by atoms with van der Waals surface area (Å²) < 4.78 is 5.30. The Morgan fingerprint density at radius 1 is 1.12 bits per heavy atom. The molecule has 6 nitrogen and oxygen atoms in total. The fraction of sp³-hybridized carbons (Fsp3) is 0.118. The zero-order valence-corrected chi connectivity index (χ0v) is 14.8. The van der Waals surface area contributed by atoms with Gasteiger partial charge in [-0.2, -0.15) is 5.10 Å². The van der Waals surface area contributed by atoms with Gasteiger partial charge in [0.05, 0.1) is 17.8 Å². The average Bonchev–Trinajstić information content (AvgIpc) is 2.58. The van der Waals surface area contributed by atoms with Gasteiger partial charge in [0.25, 0.3) is 0 Å². The van der Waals surface area contributed by atoms with Gasteiger partial charge in [0.1, 0.15) is 5.75 Å². The average molecular weight is 380 g/mol. The van der Waals surface area contributed by atoms with Crippen LogP contribution in [0, 0.1) is 0 Å². The van der Waals surface area contributed by atoms with Gasteiger partial charge in [-0.3, -0.25) is 9.59 Å². The van der Waals surface area contributed by atoms with Crippen molar-refractivity contribution in [2.75, 3.05) is 11.9 Å². The Morgan fingerprint density at radius 3 is 2.48 bits per heavy atom. The zero-order valence-electron chi connectivity index (χ0n) is 13.3. The topological polar surface area (TPSA) is 79.8 Å². The number of nitrogens with zero attached hydrogens (tertiary/aromatic N) is 1. The minimum atomic E-state index is -0.907. The van der Waals surface area contributed by atoms with Crippen molar-refractivity contribution in [1.82, 2.24) is 5.43 Å². The van der Waals surface area contributed by atoms with Crippen molar-refractivity contribution in [1.29, 1.82) is 0 Å². The van der Waals surface area contributed by atoms with E-state index in [9.17, 15) is 9.59 Å². The summed E-state index contributed by atoms with van der Waals surface area (Å²) in [5, 5.41) is 7.02. The second-order valence-electron chi connectivity index (χ2n) is 4.78. The Kier molecular flexibility index (Phi) is 6.80. The smallest absolute Gasteiger partial charge is 0.329 e. The first-order valence-corrected chi connectivity index (χ1v) is 8.07. The second kappa shape index (κ2) is 9.05. The van der Waals surface area contributed by atoms with Gasteiger partial charge in [-0.25, -0.2) is 5.43 Å². The van der Waals surface area contributed by atoms with Crippen molar-refractivity contribution in [3.05, 3.63) is 58.1 Å². The highest BCUT2D eigenvalue weighted by molar-refractivity contribution is 6.39. The molecule has 0 saturated heterocycles. The van der Waals surface area contributed by atoms with E-state index in [4.69, 9.17) is 27.9 Å². The molecule has 0 radical (unpaired) electrons. The van der Waals surface area contributed by atoms with Crippen molar-refractivity contribution in [3.63, 3.8) is 0 Å². The first kappa shape index (κ1) is 18.8. The standard InChI is InChI=1S/C17H15Cl2N3O3/c1-2-25-14-7-5-13(6-8-14)21-16(23)17(24)22-20-10-11-3-4-12(18)9-15(11)19/h3-10H,2H2,1H3,(H,21,23)(H,22,24)/b20-10+. The number of amides is 2. The Morgan fingerprint density at radius 2 is 1.84 bits per heavy atom. The lowest BCUT2D eigenvalue weighted by Crippen LogP contribution is -2.32. The lowest BCUT2D eigenvalue weighted by atomic mass is 10.2. The molecule has 2 aromatic carbocycles. The maximum Gasteiger partial charge on any atom is 0.329 e. The predicted octanol–water partition coefficient (Wildman–Crippen LogP) is 3.48. The predicted molar refractivity (Wildman–Crippen MR) is 98.4 cm³/mol. The van der Waals surface area contributed by atoms with E-state index >= 15 is 0 Å². The molecule has 0 aromatic heterocycles. The van der Waals surface area contributed by atoms with E-state index in [2.05, 4.69) is 15.8 Å². The van der Waals surface area contributed by atoms with Gasteiger partial charge in [0.2, 0.25) is 0 Å². The summed E-state index contributed by atoms with van der Waals surface area (Å²) in [6.07, 6.45) is 1.32. The molecule has 0 fully saturated rings. The number of halogens is 2. The third-order valence-electron chi connectivity index (χ3n) is 2.96. The van der Waals surface area contributed by atoms with Gasteiger partial charge in [0, 0.05) is 16.3 Å². The van der Waals surface area contributed by atoms with Gasteiger partial charge in [0.15, 0.2) is 0 Å². The van der Waals surface area contributed by atoms with Crippen molar-refractivity contribution in [2.45, 2.75) is 6.92 Å². The van der Waals surface area contributed by atoms with Crippen molar-refractivity contribution < 1.29 is 14.3 Å². The Balaban J connectivity index is 1.89. The van der Waals surface area contributed by atoms with Crippen LogP contribution in [-0.4, -0.2) is 24.6 Å². The van der Waals surface area contributed by atoms with E-state index in [-0.39, 0.29) is 0 Å². The number of benzene rings is 2. The minimum absolute atomic E-state index is 0.379. The van der Waals surface area contributed by atoms with Gasteiger partial charge >= 0.3 is 11.8 Å². The summed E-state index contributed by atoms with van der Waals surface area (Å²) in [6, 6.07) is 11.5. The van der Waals surface area contributed by atoms with Gasteiger partial charge in [-0.15, -0.1) is 0 Å². The molecular weight excluding hydrogens is 365 g/mol. The molecule has 0 bridgehead atoms. The maximum atomic E-state index is 11.8. The lowest BCUT2D eigenvalue weighted by molar-refractivity contribution is -0.136. The monoisotopic (exact) mass is 379 g/mol. The number of hydrogen-bond acceptors (Lipinski definition) is 4. The molecule has 0 heterocycles. The summed E-state index contributed by atoms with van der Waals surface area (Å²) in [5.41, 5.74) is 3.15. The minimum Gasteiger partial charge on any atom is -0.494 e. The highest BCUT2D eigenvalue weighted by atomic mass is 35.5. The van der Waals surface area contributed by atoms with Crippen LogP contribution in [0.25, 0.3) is 0 Å². The molecule has 0 unspecified atom stereocenters. The number of hydrogen-bond donors (Lipinski definition) is 2. The van der Waals surface area contributed by atoms with Crippen LogP contribution in [0.4, 0.5) is 5.69 Å². The molecule has 2 aromatic rings. The quantitative estimate of drug-likeness (QED) is 0.474. The molecule has 0 spiro atoms. The lowest BCUT2D eigenvalue weighted by Gasteiger charge is -2.06. The Hall–Kier alpha value is -2.57. The van der Waals surface area contributed by atoms with Gasteiger partial charge < -0.3 is 10.1 Å². The normalized spacial score (nSPS) is 10.5. The summed E-state index contributed by atoms with van der Waals surface area (Å²) in [7, 11) is 0. The first-order valence-electron chi connectivity index (χ1n) is 7.32. The van der Waals surface area contributed by atoms with E-state index in [0.717, 1.165) is 0 Å². The molecule has 25 heavy (non-hydrogen) atoms. The van der Waals surface area contributed by atoms with E-state index in [0.29, 0.717) is 33.7 Å². The molecule has 2 N–H and O–H groups in total. The maximum absolute atomic E-state index is 11.8. The molecule has 8 heteroatoms. The Labute approximate surface area is 154 Å². The third-order valence-corrected chi connectivity index (χ3v) is 3.52. The molecule has 0 aliphatic rings. The Bertz CT molecular complexity index is 792. The number of anilines is 1. The summed E-state index contributed by atoms with van der Waals surface area (Å²) in [4.78, 5) is 23.5. The van der Waals surface area contributed by atoms with Crippen LogP contribution < -0.4 is 15.5 Å². The summed E-state index contributed by atoms with van der Waals surface area (Å²) in [5.74, 6) is -1.08. The van der Waals surface area contributed by atoms with Crippen LogP contribution in [0.5, 0.6) is 5.75 Å². The summed E-state index contributed by atoms with van der Waals surface area (Å²) in [6.45, 7) is 2.42. The number of carbonyl (C=O) groups is 2. The number of carbonyl (C=O) groups excluding carboxylic acids is 2.